The van der Waals surface area contributed by atoms with Crippen molar-refractivity contribution in [2.75, 3.05) is 6.61 Å². The molecule has 1 aromatic carbocycles. The van der Waals surface area contributed by atoms with Crippen molar-refractivity contribution in [1.82, 2.24) is 0 Å². The minimum atomic E-state index is -0.843. The highest BCUT2D eigenvalue weighted by atomic mass is 16.5. The molecule has 1 atom stereocenters. The van der Waals surface area contributed by atoms with Gasteiger partial charge >= 0.3 is 5.97 Å². The van der Waals surface area contributed by atoms with Crippen LogP contribution in [0, 0.1) is 5.92 Å². The summed E-state index contributed by atoms with van der Waals surface area (Å²) < 4.78 is 5.40. The first kappa shape index (κ1) is 15.3. The highest BCUT2D eigenvalue weighted by Gasteiger charge is 2.23. The Bertz CT molecular complexity index is 542. The highest BCUT2D eigenvalue weighted by molar-refractivity contribution is 6.00. The normalized spacial score (nSPS) is 18.2. The van der Waals surface area contributed by atoms with E-state index in [1.807, 2.05) is 31.2 Å². The van der Waals surface area contributed by atoms with Gasteiger partial charge in [0.2, 0.25) is 0 Å². The Labute approximate surface area is 124 Å². The van der Waals surface area contributed by atoms with Gasteiger partial charge in [-0.25, -0.2) is 0 Å². The van der Waals surface area contributed by atoms with Crippen LogP contribution in [-0.4, -0.2) is 23.5 Å². The van der Waals surface area contributed by atoms with Gasteiger partial charge in [0.05, 0.1) is 6.61 Å². The summed E-state index contributed by atoms with van der Waals surface area (Å²) in [6.07, 6.45) is 3.70. The lowest BCUT2D eigenvalue weighted by Crippen LogP contribution is -2.18. The summed E-state index contributed by atoms with van der Waals surface area (Å²) in [4.78, 5) is 22.6. The standard InChI is InChI=1S/C17H20O4/c1-2-21-15-8-5-12(6-9-15)14-4-3-13(16(18)11-14)7-10-17(19)20/h5-6,8-9,11,13H,2-4,7,10H2,1H3,(H,19,20)/t13-/m0/s1. The molecule has 4 nitrogen and oxygen atoms in total. The number of rotatable bonds is 6. The zero-order valence-corrected chi connectivity index (χ0v) is 12.2. The fraction of sp³-hybridized carbons (Fsp3) is 0.412. The molecular formula is C17H20O4. The summed E-state index contributed by atoms with van der Waals surface area (Å²) in [7, 11) is 0. The predicted molar refractivity (Wildman–Crippen MR) is 80.2 cm³/mol. The minimum Gasteiger partial charge on any atom is -0.494 e. The van der Waals surface area contributed by atoms with E-state index < -0.39 is 5.97 Å². The van der Waals surface area contributed by atoms with Crippen molar-refractivity contribution < 1.29 is 19.4 Å². The molecule has 112 valence electrons. The van der Waals surface area contributed by atoms with E-state index >= 15 is 0 Å². The van der Waals surface area contributed by atoms with Crippen LogP contribution in [0.5, 0.6) is 5.75 Å². The van der Waals surface area contributed by atoms with Crippen LogP contribution >= 0.6 is 0 Å². The van der Waals surface area contributed by atoms with E-state index in [4.69, 9.17) is 9.84 Å². The van der Waals surface area contributed by atoms with Crippen LogP contribution in [0.2, 0.25) is 0 Å². The number of carbonyl (C=O) groups excluding carboxylic acids is 1. The number of aliphatic carboxylic acids is 1. The third-order valence-corrected chi connectivity index (χ3v) is 3.72. The Morgan fingerprint density at radius 3 is 2.62 bits per heavy atom. The second-order valence-corrected chi connectivity index (χ2v) is 5.20. The number of carboxylic acid groups (broad SMARTS) is 1. The monoisotopic (exact) mass is 288 g/mol. The van der Waals surface area contributed by atoms with Gasteiger partial charge in [-0.1, -0.05) is 12.1 Å². The van der Waals surface area contributed by atoms with Crippen molar-refractivity contribution in [2.24, 2.45) is 5.92 Å². The lowest BCUT2D eigenvalue weighted by atomic mass is 9.83. The molecule has 0 aromatic heterocycles. The van der Waals surface area contributed by atoms with Gasteiger partial charge in [-0.2, -0.15) is 0 Å². The molecule has 0 saturated heterocycles. The van der Waals surface area contributed by atoms with Crippen LogP contribution in [0.25, 0.3) is 5.57 Å². The van der Waals surface area contributed by atoms with Gasteiger partial charge in [0.25, 0.3) is 0 Å². The van der Waals surface area contributed by atoms with Gasteiger partial charge in [-0.15, -0.1) is 0 Å². The van der Waals surface area contributed by atoms with Gasteiger partial charge in [-0.3, -0.25) is 9.59 Å². The number of ether oxygens (including phenoxy) is 1. The molecule has 0 fully saturated rings. The number of hydrogen-bond acceptors (Lipinski definition) is 3. The first-order valence-corrected chi connectivity index (χ1v) is 7.29. The molecule has 1 aliphatic carbocycles. The molecule has 21 heavy (non-hydrogen) atoms. The van der Waals surface area contributed by atoms with Crippen LogP contribution in [0.3, 0.4) is 0 Å². The van der Waals surface area contributed by atoms with Crippen molar-refractivity contribution in [3.05, 3.63) is 35.9 Å². The third-order valence-electron chi connectivity index (χ3n) is 3.72. The van der Waals surface area contributed by atoms with Crippen LogP contribution in [0.4, 0.5) is 0 Å². The van der Waals surface area contributed by atoms with Crippen molar-refractivity contribution >= 4 is 17.3 Å². The second-order valence-electron chi connectivity index (χ2n) is 5.20. The summed E-state index contributed by atoms with van der Waals surface area (Å²) >= 11 is 0. The van der Waals surface area contributed by atoms with E-state index in [0.717, 1.165) is 29.7 Å². The fourth-order valence-corrected chi connectivity index (χ4v) is 2.58. The smallest absolute Gasteiger partial charge is 0.303 e. The largest absolute Gasteiger partial charge is 0.494 e. The Morgan fingerprint density at radius 1 is 1.33 bits per heavy atom. The number of carbonyl (C=O) groups is 2. The lowest BCUT2D eigenvalue weighted by Gasteiger charge is -2.20. The first-order valence-electron chi connectivity index (χ1n) is 7.29. The summed E-state index contributed by atoms with van der Waals surface area (Å²) in [6.45, 7) is 2.57. The van der Waals surface area contributed by atoms with Crippen molar-refractivity contribution in [2.45, 2.75) is 32.6 Å². The molecule has 0 spiro atoms. The Balaban J connectivity index is 2.03. The number of benzene rings is 1. The third kappa shape index (κ3) is 4.18. The van der Waals surface area contributed by atoms with Crippen LogP contribution in [0.1, 0.15) is 38.2 Å². The lowest BCUT2D eigenvalue weighted by molar-refractivity contribution is -0.137. The molecule has 0 aliphatic heterocycles. The topological polar surface area (TPSA) is 63.6 Å². The SMILES string of the molecule is CCOc1ccc(C2=CC(=O)[C@H](CCC(=O)O)CC2)cc1. The summed E-state index contributed by atoms with van der Waals surface area (Å²) in [5.74, 6) is -0.119. The zero-order chi connectivity index (χ0) is 15.2. The van der Waals surface area contributed by atoms with Crippen LogP contribution < -0.4 is 4.74 Å². The molecule has 2 rings (SSSR count). The Kier molecular flexibility index (Phi) is 5.14. The highest BCUT2D eigenvalue weighted by Crippen LogP contribution is 2.31. The maximum Gasteiger partial charge on any atom is 0.303 e. The maximum atomic E-state index is 12.1. The Morgan fingerprint density at radius 2 is 2.05 bits per heavy atom. The van der Waals surface area contributed by atoms with Crippen LogP contribution in [-0.2, 0) is 9.59 Å². The molecule has 4 heteroatoms. The quantitative estimate of drug-likeness (QED) is 0.872. The summed E-state index contributed by atoms with van der Waals surface area (Å²) in [5.41, 5.74) is 2.05. The molecule has 1 aromatic rings. The van der Waals surface area contributed by atoms with Gasteiger partial charge < -0.3 is 9.84 Å². The van der Waals surface area contributed by atoms with E-state index in [9.17, 15) is 9.59 Å². The summed E-state index contributed by atoms with van der Waals surface area (Å²) in [6, 6.07) is 7.73. The average Bonchev–Trinajstić information content (AvgIpc) is 2.47. The van der Waals surface area contributed by atoms with Gasteiger partial charge in [0, 0.05) is 12.3 Å². The number of hydrogen-bond donors (Lipinski definition) is 1. The van der Waals surface area contributed by atoms with Crippen LogP contribution in [0.15, 0.2) is 30.3 Å². The van der Waals surface area contributed by atoms with Crippen molar-refractivity contribution in [3.8, 4) is 5.75 Å². The summed E-state index contributed by atoms with van der Waals surface area (Å²) in [5, 5.41) is 8.69. The van der Waals surface area contributed by atoms with Crippen molar-refractivity contribution in [1.29, 1.82) is 0 Å². The minimum absolute atomic E-state index is 0.0476. The van der Waals surface area contributed by atoms with Gasteiger partial charge in [-0.05, 0) is 55.5 Å². The van der Waals surface area contributed by atoms with Gasteiger partial charge in [0.1, 0.15) is 5.75 Å². The first-order chi connectivity index (χ1) is 10.1. The molecular weight excluding hydrogens is 268 g/mol. The van der Waals surface area contributed by atoms with E-state index in [2.05, 4.69) is 0 Å². The van der Waals surface area contributed by atoms with E-state index in [0.29, 0.717) is 13.0 Å². The molecule has 0 unspecified atom stereocenters. The molecule has 0 saturated carbocycles. The van der Waals surface area contributed by atoms with E-state index in [-0.39, 0.29) is 18.1 Å². The second kappa shape index (κ2) is 7.07. The zero-order valence-electron chi connectivity index (χ0n) is 12.2. The molecule has 0 amide bonds. The number of carboxylic acids is 1. The fourth-order valence-electron chi connectivity index (χ4n) is 2.58. The molecule has 0 radical (unpaired) electrons. The average molecular weight is 288 g/mol. The predicted octanol–water partition coefficient (Wildman–Crippen LogP) is 3.31. The van der Waals surface area contributed by atoms with Crippen molar-refractivity contribution in [3.63, 3.8) is 0 Å². The maximum absolute atomic E-state index is 12.1. The Hall–Kier alpha value is -2.10. The molecule has 1 aliphatic rings. The van der Waals surface area contributed by atoms with E-state index in [1.165, 1.54) is 0 Å². The van der Waals surface area contributed by atoms with E-state index in [1.54, 1.807) is 6.08 Å². The molecule has 0 heterocycles. The molecule has 0 bridgehead atoms. The number of ketones is 1. The number of allylic oxidation sites excluding steroid dienone is 2. The molecule has 1 N–H and O–H groups in total. The van der Waals surface area contributed by atoms with Gasteiger partial charge in [0.15, 0.2) is 5.78 Å².